The molecule has 0 amide bonds. The number of hydrogen-bond acceptors (Lipinski definition) is 1. The van der Waals surface area contributed by atoms with E-state index in [-0.39, 0.29) is 11.5 Å². The lowest BCUT2D eigenvalue weighted by molar-refractivity contribution is -0.133. The van der Waals surface area contributed by atoms with Gasteiger partial charge in [-0.05, 0) is 5.92 Å². The fourth-order valence-corrected chi connectivity index (χ4v) is 1.44. The van der Waals surface area contributed by atoms with Gasteiger partial charge in [0.05, 0.1) is 0 Å². The van der Waals surface area contributed by atoms with Crippen LogP contribution in [0.4, 0.5) is 0 Å². The van der Waals surface area contributed by atoms with E-state index in [0.717, 1.165) is 0 Å². The predicted molar refractivity (Wildman–Crippen MR) is 52.3 cm³/mol. The van der Waals surface area contributed by atoms with Gasteiger partial charge in [0.25, 0.3) is 0 Å². The molecule has 0 saturated heterocycles. The monoisotopic (exact) mass is 178 g/mol. The third kappa shape index (κ3) is 1.57. The Labute approximate surface area is 78.3 Å². The van der Waals surface area contributed by atoms with Crippen LogP contribution in [0.3, 0.4) is 0 Å². The van der Waals surface area contributed by atoms with Crippen molar-refractivity contribution < 1.29 is 9.90 Å². The van der Waals surface area contributed by atoms with Crippen molar-refractivity contribution in [3.05, 3.63) is 36.5 Å². The molecule has 2 atom stereocenters. The predicted octanol–water partition coefficient (Wildman–Crippen LogP) is 2.40. The molecule has 1 N–H and O–H groups in total. The maximum atomic E-state index is 10.8. The van der Waals surface area contributed by atoms with Crippen LogP contribution in [0.2, 0.25) is 0 Å². The maximum Gasteiger partial charge on any atom is 0.331 e. The van der Waals surface area contributed by atoms with Gasteiger partial charge in [0.1, 0.15) is 0 Å². The highest BCUT2D eigenvalue weighted by atomic mass is 16.4. The Morgan fingerprint density at radius 2 is 2.15 bits per heavy atom. The highest BCUT2D eigenvalue weighted by molar-refractivity contribution is 5.88. The lowest BCUT2D eigenvalue weighted by Gasteiger charge is -2.32. The van der Waals surface area contributed by atoms with E-state index in [9.17, 15) is 4.79 Å². The second kappa shape index (κ2) is 3.21. The molecule has 2 unspecified atom stereocenters. The molecule has 0 spiro atoms. The van der Waals surface area contributed by atoms with Crippen molar-refractivity contribution in [1.82, 2.24) is 0 Å². The molecule has 1 aliphatic rings. The lowest BCUT2D eigenvalue weighted by Crippen LogP contribution is -2.29. The fourth-order valence-electron chi connectivity index (χ4n) is 1.44. The molecule has 2 heteroatoms. The molecule has 0 fully saturated rings. The molecule has 70 valence electrons. The molecule has 0 heterocycles. The topological polar surface area (TPSA) is 37.3 Å². The van der Waals surface area contributed by atoms with Crippen LogP contribution in [0.1, 0.15) is 13.8 Å². The molecule has 0 bridgehead atoms. The molecular formula is C11H14O2. The van der Waals surface area contributed by atoms with E-state index in [1.165, 1.54) is 0 Å². The highest BCUT2D eigenvalue weighted by Gasteiger charge is 2.34. The van der Waals surface area contributed by atoms with Gasteiger partial charge in [-0.15, -0.1) is 0 Å². The van der Waals surface area contributed by atoms with E-state index in [2.05, 4.69) is 6.58 Å². The van der Waals surface area contributed by atoms with Crippen LogP contribution < -0.4 is 0 Å². The molecular weight excluding hydrogens is 164 g/mol. The van der Waals surface area contributed by atoms with Crippen LogP contribution in [-0.2, 0) is 4.79 Å². The van der Waals surface area contributed by atoms with Gasteiger partial charge >= 0.3 is 5.97 Å². The zero-order valence-electron chi connectivity index (χ0n) is 7.95. The quantitative estimate of drug-likeness (QED) is 0.659. The van der Waals surface area contributed by atoms with Gasteiger partial charge in [-0.2, -0.15) is 0 Å². The third-order valence-corrected chi connectivity index (χ3v) is 2.81. The Morgan fingerprint density at radius 1 is 1.54 bits per heavy atom. The summed E-state index contributed by atoms with van der Waals surface area (Å²) in [5.41, 5.74) is -0.193. The van der Waals surface area contributed by atoms with Crippen molar-refractivity contribution in [1.29, 1.82) is 0 Å². The van der Waals surface area contributed by atoms with E-state index in [1.807, 2.05) is 38.2 Å². The van der Waals surface area contributed by atoms with Crippen molar-refractivity contribution >= 4 is 5.97 Å². The number of carboxylic acid groups (broad SMARTS) is 1. The molecule has 1 rings (SSSR count). The average molecular weight is 178 g/mol. The first kappa shape index (κ1) is 9.78. The van der Waals surface area contributed by atoms with Crippen molar-refractivity contribution in [2.45, 2.75) is 13.8 Å². The first-order valence-corrected chi connectivity index (χ1v) is 4.27. The van der Waals surface area contributed by atoms with Crippen LogP contribution in [0, 0.1) is 11.3 Å². The molecule has 0 radical (unpaired) electrons. The van der Waals surface area contributed by atoms with Crippen LogP contribution in [0.5, 0.6) is 0 Å². The molecule has 0 aromatic rings. The minimum atomic E-state index is -0.922. The van der Waals surface area contributed by atoms with Gasteiger partial charge in [0, 0.05) is 11.0 Å². The van der Waals surface area contributed by atoms with Gasteiger partial charge in [0.15, 0.2) is 0 Å². The van der Waals surface area contributed by atoms with Crippen LogP contribution >= 0.6 is 0 Å². The summed E-state index contributed by atoms with van der Waals surface area (Å²) >= 11 is 0. The van der Waals surface area contributed by atoms with E-state index in [1.54, 1.807) is 0 Å². The van der Waals surface area contributed by atoms with E-state index in [4.69, 9.17) is 5.11 Å². The summed E-state index contributed by atoms with van der Waals surface area (Å²) in [6.07, 6.45) is 7.69. The summed E-state index contributed by atoms with van der Waals surface area (Å²) in [6, 6.07) is 0. The van der Waals surface area contributed by atoms with E-state index >= 15 is 0 Å². The Hall–Kier alpha value is -1.31. The average Bonchev–Trinajstić information content (AvgIpc) is 2.09. The van der Waals surface area contributed by atoms with Crippen molar-refractivity contribution in [2.24, 2.45) is 11.3 Å². The molecule has 0 aliphatic heterocycles. The highest BCUT2D eigenvalue weighted by Crippen LogP contribution is 2.38. The van der Waals surface area contributed by atoms with Crippen LogP contribution in [0.15, 0.2) is 36.5 Å². The normalized spacial score (nSPS) is 31.7. The maximum absolute atomic E-state index is 10.8. The largest absolute Gasteiger partial charge is 0.478 e. The number of aliphatic carboxylic acids is 1. The first-order valence-electron chi connectivity index (χ1n) is 4.27. The summed E-state index contributed by atoms with van der Waals surface area (Å²) in [6.45, 7) is 7.51. The Bertz CT molecular complexity index is 299. The summed E-state index contributed by atoms with van der Waals surface area (Å²) < 4.78 is 0. The van der Waals surface area contributed by atoms with Crippen molar-refractivity contribution in [3.63, 3.8) is 0 Å². The Morgan fingerprint density at radius 3 is 2.62 bits per heavy atom. The molecule has 0 aromatic heterocycles. The first-order chi connectivity index (χ1) is 5.98. The van der Waals surface area contributed by atoms with Crippen molar-refractivity contribution in [2.75, 3.05) is 0 Å². The lowest BCUT2D eigenvalue weighted by atomic mass is 9.70. The molecule has 0 aromatic carbocycles. The summed E-state index contributed by atoms with van der Waals surface area (Å²) in [5.74, 6) is -0.740. The van der Waals surface area contributed by atoms with Gasteiger partial charge in [-0.3, -0.25) is 0 Å². The van der Waals surface area contributed by atoms with Gasteiger partial charge < -0.3 is 5.11 Å². The summed E-state index contributed by atoms with van der Waals surface area (Å²) in [7, 11) is 0. The Kier molecular flexibility index (Phi) is 2.41. The molecule has 2 nitrogen and oxygen atoms in total. The zero-order valence-corrected chi connectivity index (χ0v) is 7.95. The van der Waals surface area contributed by atoms with Gasteiger partial charge in [-0.1, -0.05) is 44.7 Å². The van der Waals surface area contributed by atoms with Crippen LogP contribution in [-0.4, -0.2) is 11.1 Å². The standard InChI is InChI=1S/C11H14O2/c1-8-6-4-5-7-11(8,3)9(2)10(12)13/h4-8H,2H2,1,3H3,(H,12,13). The van der Waals surface area contributed by atoms with Crippen LogP contribution in [0.25, 0.3) is 0 Å². The van der Waals surface area contributed by atoms with Gasteiger partial charge in [-0.25, -0.2) is 4.79 Å². The van der Waals surface area contributed by atoms with Gasteiger partial charge in [0.2, 0.25) is 0 Å². The zero-order chi connectivity index (χ0) is 10.1. The number of carboxylic acids is 1. The minimum Gasteiger partial charge on any atom is -0.478 e. The molecule has 13 heavy (non-hydrogen) atoms. The SMILES string of the molecule is C=C(C(=O)O)C1(C)C=CC=CC1C. The Balaban J connectivity index is 3.00. The second-order valence-electron chi connectivity index (χ2n) is 3.60. The fraction of sp³-hybridized carbons (Fsp3) is 0.364. The number of hydrogen-bond donors (Lipinski definition) is 1. The van der Waals surface area contributed by atoms with E-state index < -0.39 is 11.4 Å². The smallest absolute Gasteiger partial charge is 0.331 e. The summed E-state index contributed by atoms with van der Waals surface area (Å²) in [5, 5.41) is 8.86. The van der Waals surface area contributed by atoms with E-state index in [0.29, 0.717) is 0 Å². The minimum absolute atomic E-state index is 0.182. The van der Waals surface area contributed by atoms with Crippen molar-refractivity contribution in [3.8, 4) is 0 Å². The number of carbonyl (C=O) groups is 1. The molecule has 0 saturated carbocycles. The molecule has 1 aliphatic carbocycles. The number of rotatable bonds is 2. The second-order valence-corrected chi connectivity index (χ2v) is 3.60. The third-order valence-electron chi connectivity index (χ3n) is 2.81. The number of allylic oxidation sites excluding steroid dienone is 4. The summed E-state index contributed by atoms with van der Waals surface area (Å²) in [4.78, 5) is 10.8.